The summed E-state index contributed by atoms with van der Waals surface area (Å²) in [6, 6.07) is 0. The molecule has 2 aliphatic carbocycles. The lowest BCUT2D eigenvalue weighted by molar-refractivity contribution is -0.150. The van der Waals surface area contributed by atoms with Crippen molar-refractivity contribution < 1.29 is 14.3 Å². The first-order chi connectivity index (χ1) is 12.1. The number of ketones is 2. The number of carbonyl (C=O) groups is 2. The first kappa shape index (κ1) is 21.4. The van der Waals surface area contributed by atoms with E-state index in [-0.39, 0.29) is 20.9 Å². The molecular formula is C22H31IO3. The van der Waals surface area contributed by atoms with Crippen LogP contribution in [0.4, 0.5) is 0 Å². The van der Waals surface area contributed by atoms with E-state index >= 15 is 0 Å². The smallest absolute Gasteiger partial charge is 0.170 e. The third-order valence-electron chi connectivity index (χ3n) is 5.98. The van der Waals surface area contributed by atoms with E-state index in [0.29, 0.717) is 12.2 Å². The van der Waals surface area contributed by atoms with Crippen molar-refractivity contribution in [3.05, 3.63) is 35.1 Å². The number of hydrogen-bond donors (Lipinski definition) is 0. The zero-order valence-electron chi connectivity index (χ0n) is 16.8. The largest absolute Gasteiger partial charge is 0.500 e. The maximum absolute atomic E-state index is 13.6. The molecule has 0 amide bonds. The van der Waals surface area contributed by atoms with Gasteiger partial charge in [-0.3, -0.25) is 9.59 Å². The summed E-state index contributed by atoms with van der Waals surface area (Å²) < 4.78 is 5.80. The predicted molar refractivity (Wildman–Crippen MR) is 114 cm³/mol. The number of rotatable bonds is 6. The number of Topliss-reactive ketones (excluding diaryl/α,β-unsaturated/α-hetero) is 1. The molecule has 0 heterocycles. The Balaban J connectivity index is 2.49. The van der Waals surface area contributed by atoms with Gasteiger partial charge in [0.2, 0.25) is 0 Å². The molecule has 2 bridgehead atoms. The summed E-state index contributed by atoms with van der Waals surface area (Å²) in [4.78, 5) is 26.5. The lowest BCUT2D eigenvalue weighted by Crippen LogP contribution is -2.59. The monoisotopic (exact) mass is 470 g/mol. The number of allylic oxidation sites excluding steroid dienone is 6. The predicted octanol–water partition coefficient (Wildman–Crippen LogP) is 5.59. The Morgan fingerprint density at radius 1 is 1.23 bits per heavy atom. The molecule has 1 fully saturated rings. The molecule has 0 radical (unpaired) electrons. The van der Waals surface area contributed by atoms with Crippen LogP contribution in [0.3, 0.4) is 0 Å². The molecule has 3 nitrogen and oxygen atoms in total. The zero-order valence-corrected chi connectivity index (χ0v) is 19.0. The fourth-order valence-electron chi connectivity index (χ4n) is 4.31. The van der Waals surface area contributed by atoms with Gasteiger partial charge in [0, 0.05) is 10.0 Å². The first-order valence-corrected chi connectivity index (χ1v) is 10.6. The van der Waals surface area contributed by atoms with Crippen LogP contribution < -0.4 is 0 Å². The van der Waals surface area contributed by atoms with E-state index in [2.05, 4.69) is 55.5 Å². The summed E-state index contributed by atoms with van der Waals surface area (Å²) in [6.45, 7) is 10.4. The molecule has 0 aromatic rings. The third-order valence-corrected chi connectivity index (χ3v) is 7.84. The first-order valence-electron chi connectivity index (χ1n) is 9.33. The highest BCUT2D eigenvalue weighted by molar-refractivity contribution is 14.1. The highest BCUT2D eigenvalue weighted by Gasteiger charge is 2.63. The molecule has 2 rings (SSSR count). The maximum atomic E-state index is 13.6. The van der Waals surface area contributed by atoms with E-state index in [1.807, 2.05) is 13.8 Å². The fourth-order valence-corrected chi connectivity index (χ4v) is 5.74. The highest BCUT2D eigenvalue weighted by atomic mass is 127. The number of carbonyl (C=O) groups excluding carboxylic acids is 2. The van der Waals surface area contributed by atoms with Crippen LogP contribution in [0.2, 0.25) is 0 Å². The number of fused-ring (bicyclic) bond motifs is 2. The van der Waals surface area contributed by atoms with E-state index in [1.165, 1.54) is 11.1 Å². The van der Waals surface area contributed by atoms with E-state index in [1.54, 1.807) is 13.2 Å². The number of methoxy groups -OCH3 is 1. The van der Waals surface area contributed by atoms with E-state index in [9.17, 15) is 9.59 Å². The second-order valence-corrected chi connectivity index (χ2v) is 9.98. The van der Waals surface area contributed by atoms with Gasteiger partial charge in [-0.05, 0) is 58.8 Å². The molecule has 4 unspecified atom stereocenters. The van der Waals surface area contributed by atoms with Crippen LogP contribution in [0.5, 0.6) is 0 Å². The Morgan fingerprint density at radius 3 is 2.38 bits per heavy atom. The van der Waals surface area contributed by atoms with Gasteiger partial charge in [0.25, 0.3) is 0 Å². The van der Waals surface area contributed by atoms with Gasteiger partial charge in [-0.1, -0.05) is 52.8 Å². The summed E-state index contributed by atoms with van der Waals surface area (Å²) in [5.74, 6) is -0.0323. The molecule has 1 saturated carbocycles. The number of alkyl halides is 1. The standard InChI is InChI=1S/C22H31IO3/c1-14(2)8-7-10-21(5)17(23)13-22(11-9-15(3)4)18(26-6)12-16(24)19(21)20(22)25/h8-9,12,17,19H,7,10-11,13H2,1-6H3. The molecule has 144 valence electrons. The van der Waals surface area contributed by atoms with Crippen molar-refractivity contribution in [2.75, 3.05) is 7.11 Å². The lowest BCUT2D eigenvalue weighted by atomic mass is 9.51. The molecule has 0 aromatic heterocycles. The van der Waals surface area contributed by atoms with Crippen LogP contribution in [0.25, 0.3) is 0 Å². The molecule has 0 spiro atoms. The minimum Gasteiger partial charge on any atom is -0.500 e. The van der Waals surface area contributed by atoms with Crippen molar-refractivity contribution in [3.8, 4) is 0 Å². The minimum absolute atomic E-state index is 0.0620. The van der Waals surface area contributed by atoms with Crippen molar-refractivity contribution in [2.45, 2.75) is 64.2 Å². The molecule has 0 aliphatic heterocycles. The van der Waals surface area contributed by atoms with Gasteiger partial charge in [-0.2, -0.15) is 0 Å². The molecule has 4 heteroatoms. The van der Waals surface area contributed by atoms with Gasteiger partial charge < -0.3 is 4.74 Å². The summed E-state index contributed by atoms with van der Waals surface area (Å²) in [6.07, 6.45) is 9.00. The van der Waals surface area contributed by atoms with E-state index in [0.717, 1.165) is 19.3 Å². The van der Waals surface area contributed by atoms with Crippen LogP contribution in [0.15, 0.2) is 35.1 Å². The number of ether oxygens (including phenoxy) is 1. The van der Waals surface area contributed by atoms with Crippen molar-refractivity contribution in [1.82, 2.24) is 0 Å². The number of hydrogen-bond acceptors (Lipinski definition) is 3. The summed E-state index contributed by atoms with van der Waals surface area (Å²) in [5, 5.41) is 0. The highest BCUT2D eigenvalue weighted by Crippen LogP contribution is 2.58. The lowest BCUT2D eigenvalue weighted by Gasteiger charge is -2.53. The van der Waals surface area contributed by atoms with Crippen molar-refractivity contribution in [2.24, 2.45) is 16.7 Å². The Kier molecular flexibility index (Phi) is 6.57. The quantitative estimate of drug-likeness (QED) is 0.220. The Morgan fingerprint density at radius 2 is 1.85 bits per heavy atom. The molecule has 0 saturated heterocycles. The Hall–Kier alpha value is -0.910. The van der Waals surface area contributed by atoms with Crippen LogP contribution in [0.1, 0.15) is 60.3 Å². The van der Waals surface area contributed by atoms with Gasteiger partial charge in [-0.15, -0.1) is 0 Å². The van der Waals surface area contributed by atoms with Crippen LogP contribution in [-0.2, 0) is 14.3 Å². The molecule has 0 aromatic carbocycles. The topological polar surface area (TPSA) is 43.4 Å². The van der Waals surface area contributed by atoms with Crippen molar-refractivity contribution >= 4 is 34.2 Å². The van der Waals surface area contributed by atoms with Crippen molar-refractivity contribution in [1.29, 1.82) is 0 Å². The van der Waals surface area contributed by atoms with Gasteiger partial charge in [0.05, 0.1) is 18.4 Å². The zero-order chi connectivity index (χ0) is 19.7. The SMILES string of the molecule is COC1=CC(=O)C2C(=O)C1(CC=C(C)C)CC(I)C2(C)CCC=C(C)C. The second-order valence-electron chi connectivity index (χ2n) is 8.48. The summed E-state index contributed by atoms with van der Waals surface area (Å²) >= 11 is 2.47. The van der Waals surface area contributed by atoms with E-state index in [4.69, 9.17) is 4.74 Å². The maximum Gasteiger partial charge on any atom is 0.170 e. The van der Waals surface area contributed by atoms with E-state index < -0.39 is 11.3 Å². The fraction of sp³-hybridized carbons (Fsp3) is 0.636. The molecule has 4 atom stereocenters. The Labute approximate surface area is 171 Å². The summed E-state index contributed by atoms with van der Waals surface area (Å²) in [7, 11) is 1.57. The van der Waals surface area contributed by atoms with Gasteiger partial charge in [0.15, 0.2) is 11.6 Å². The number of halogens is 1. The molecule has 26 heavy (non-hydrogen) atoms. The van der Waals surface area contributed by atoms with Crippen LogP contribution >= 0.6 is 22.6 Å². The molecular weight excluding hydrogens is 439 g/mol. The average molecular weight is 470 g/mol. The van der Waals surface area contributed by atoms with Gasteiger partial charge >= 0.3 is 0 Å². The van der Waals surface area contributed by atoms with Crippen LogP contribution in [-0.4, -0.2) is 22.6 Å². The van der Waals surface area contributed by atoms with Crippen molar-refractivity contribution in [3.63, 3.8) is 0 Å². The average Bonchev–Trinajstić information content (AvgIpc) is 2.54. The molecule has 2 aliphatic rings. The van der Waals surface area contributed by atoms with Gasteiger partial charge in [-0.25, -0.2) is 0 Å². The summed E-state index contributed by atoms with van der Waals surface area (Å²) in [5.41, 5.74) is 1.45. The second kappa shape index (κ2) is 7.99. The third kappa shape index (κ3) is 3.71. The minimum atomic E-state index is -0.688. The normalized spacial score (nSPS) is 33.4. The van der Waals surface area contributed by atoms with Gasteiger partial charge in [0.1, 0.15) is 5.76 Å². The Bertz CT molecular complexity index is 680. The molecule has 0 N–H and O–H groups in total. The van der Waals surface area contributed by atoms with Crippen LogP contribution in [0, 0.1) is 16.7 Å².